The van der Waals surface area contributed by atoms with Crippen molar-refractivity contribution >= 4 is 31.6 Å². The van der Waals surface area contributed by atoms with Gasteiger partial charge in [0.2, 0.25) is 10.0 Å². The molecule has 20 heavy (non-hydrogen) atoms. The Bertz CT molecular complexity index is 601. The minimum absolute atomic E-state index is 0.0497. The van der Waals surface area contributed by atoms with Gasteiger partial charge in [-0.15, -0.1) is 0 Å². The Morgan fingerprint density at radius 2 is 2.00 bits per heavy atom. The van der Waals surface area contributed by atoms with Crippen molar-refractivity contribution in [2.75, 3.05) is 19.3 Å². The van der Waals surface area contributed by atoms with E-state index in [9.17, 15) is 12.8 Å². The molecule has 112 valence electrons. The largest absolute Gasteiger partial charge is 0.398 e. The lowest BCUT2D eigenvalue weighted by molar-refractivity contribution is 0.387. The number of halogens is 2. The second kappa shape index (κ2) is 5.99. The van der Waals surface area contributed by atoms with E-state index in [2.05, 4.69) is 15.9 Å². The first kappa shape index (κ1) is 15.7. The van der Waals surface area contributed by atoms with E-state index in [0.29, 0.717) is 12.5 Å². The van der Waals surface area contributed by atoms with Crippen LogP contribution in [-0.4, -0.2) is 26.3 Å². The summed E-state index contributed by atoms with van der Waals surface area (Å²) in [6, 6.07) is 2.26. The zero-order valence-corrected chi connectivity index (χ0v) is 13.7. The second-order valence-corrected chi connectivity index (χ2v) is 8.11. The minimum atomic E-state index is -3.68. The molecule has 0 atom stereocenters. The van der Waals surface area contributed by atoms with Gasteiger partial charge in [-0.3, -0.25) is 0 Å². The summed E-state index contributed by atoms with van der Waals surface area (Å²) in [5.41, 5.74) is 5.59. The van der Waals surface area contributed by atoms with Gasteiger partial charge < -0.3 is 5.73 Å². The number of nitrogen functional groups attached to an aromatic ring is 1. The number of rotatable bonds is 4. The van der Waals surface area contributed by atoms with Gasteiger partial charge in [-0.25, -0.2) is 17.1 Å². The average molecular weight is 365 g/mol. The Morgan fingerprint density at radius 1 is 1.40 bits per heavy atom. The molecule has 1 aliphatic rings. The SMILES string of the molecule is CN(CC1CCCC1)S(=O)(=O)c1cc(Br)c(F)cc1N. The van der Waals surface area contributed by atoms with Gasteiger partial charge in [-0.05, 0) is 46.8 Å². The minimum Gasteiger partial charge on any atom is -0.398 e. The fourth-order valence-electron chi connectivity index (χ4n) is 2.59. The molecule has 1 aliphatic carbocycles. The first-order chi connectivity index (χ1) is 9.32. The standard InChI is InChI=1S/C13H18BrFN2O2S/c1-17(8-9-4-2-3-5-9)20(18,19)13-6-10(14)11(15)7-12(13)16/h6-7,9H,2-5,8,16H2,1H3. The highest BCUT2D eigenvalue weighted by atomic mass is 79.9. The van der Waals surface area contributed by atoms with Crippen molar-refractivity contribution < 1.29 is 12.8 Å². The van der Waals surface area contributed by atoms with E-state index in [0.717, 1.165) is 31.7 Å². The molecule has 1 fully saturated rings. The molecule has 0 bridgehead atoms. The van der Waals surface area contributed by atoms with Crippen LogP contribution in [-0.2, 0) is 10.0 Å². The molecule has 0 aromatic heterocycles. The number of nitrogens with zero attached hydrogens (tertiary/aromatic N) is 1. The first-order valence-corrected chi connectivity index (χ1v) is 8.76. The van der Waals surface area contributed by atoms with E-state index >= 15 is 0 Å². The van der Waals surface area contributed by atoms with Crippen LogP contribution in [0.5, 0.6) is 0 Å². The molecular weight excluding hydrogens is 347 g/mol. The molecule has 0 aliphatic heterocycles. The topological polar surface area (TPSA) is 63.4 Å². The quantitative estimate of drug-likeness (QED) is 0.835. The summed E-state index contributed by atoms with van der Waals surface area (Å²) < 4.78 is 39.8. The van der Waals surface area contributed by atoms with Crippen molar-refractivity contribution in [3.63, 3.8) is 0 Å². The van der Waals surface area contributed by atoms with E-state index in [1.807, 2.05) is 0 Å². The fraction of sp³-hybridized carbons (Fsp3) is 0.538. The predicted molar refractivity (Wildman–Crippen MR) is 80.3 cm³/mol. The van der Waals surface area contributed by atoms with E-state index in [1.165, 1.54) is 10.4 Å². The third-order valence-electron chi connectivity index (χ3n) is 3.73. The van der Waals surface area contributed by atoms with Gasteiger partial charge in [0, 0.05) is 13.6 Å². The number of nitrogens with two attached hydrogens (primary N) is 1. The molecule has 1 saturated carbocycles. The van der Waals surface area contributed by atoms with E-state index in [4.69, 9.17) is 5.73 Å². The maximum atomic E-state index is 13.3. The highest BCUT2D eigenvalue weighted by molar-refractivity contribution is 9.10. The van der Waals surface area contributed by atoms with Crippen LogP contribution in [0.25, 0.3) is 0 Å². The summed E-state index contributed by atoms with van der Waals surface area (Å²) in [5.74, 6) is -0.167. The van der Waals surface area contributed by atoms with E-state index in [1.54, 1.807) is 7.05 Å². The average Bonchev–Trinajstić information content (AvgIpc) is 2.86. The molecule has 1 aromatic carbocycles. The molecule has 2 rings (SSSR count). The highest BCUT2D eigenvalue weighted by Gasteiger charge is 2.27. The van der Waals surface area contributed by atoms with Crippen molar-refractivity contribution in [2.24, 2.45) is 5.92 Å². The van der Waals surface area contributed by atoms with Gasteiger partial charge in [0.05, 0.1) is 10.2 Å². The number of anilines is 1. The van der Waals surface area contributed by atoms with Crippen molar-refractivity contribution in [2.45, 2.75) is 30.6 Å². The van der Waals surface area contributed by atoms with Crippen molar-refractivity contribution in [3.05, 3.63) is 22.4 Å². The van der Waals surface area contributed by atoms with Crippen molar-refractivity contribution in [3.8, 4) is 0 Å². The molecular formula is C13H18BrFN2O2S. The number of hydrogen-bond acceptors (Lipinski definition) is 3. The van der Waals surface area contributed by atoms with Gasteiger partial charge in [-0.1, -0.05) is 12.8 Å². The van der Waals surface area contributed by atoms with Crippen LogP contribution in [0.2, 0.25) is 0 Å². The van der Waals surface area contributed by atoms with Crippen LogP contribution in [0.3, 0.4) is 0 Å². The molecule has 7 heteroatoms. The van der Waals surface area contributed by atoms with E-state index < -0.39 is 15.8 Å². The molecule has 0 unspecified atom stereocenters. The van der Waals surface area contributed by atoms with Crippen LogP contribution >= 0.6 is 15.9 Å². The van der Waals surface area contributed by atoms with Crippen LogP contribution in [0, 0.1) is 11.7 Å². The summed E-state index contributed by atoms with van der Waals surface area (Å²) in [4.78, 5) is -0.0497. The molecule has 0 heterocycles. The van der Waals surface area contributed by atoms with Crippen LogP contribution in [0.15, 0.2) is 21.5 Å². The Hall–Kier alpha value is -0.660. The van der Waals surface area contributed by atoms with Gasteiger partial charge in [0.1, 0.15) is 10.7 Å². The molecule has 2 N–H and O–H groups in total. The van der Waals surface area contributed by atoms with Gasteiger partial charge in [0.25, 0.3) is 0 Å². The normalized spacial score (nSPS) is 17.0. The second-order valence-electron chi connectivity index (χ2n) is 5.24. The zero-order chi connectivity index (χ0) is 14.9. The number of benzene rings is 1. The molecule has 0 saturated heterocycles. The lowest BCUT2D eigenvalue weighted by Gasteiger charge is -2.21. The molecule has 0 amide bonds. The Balaban J connectivity index is 2.27. The monoisotopic (exact) mass is 364 g/mol. The smallest absolute Gasteiger partial charge is 0.244 e. The maximum Gasteiger partial charge on any atom is 0.244 e. The van der Waals surface area contributed by atoms with Gasteiger partial charge in [0.15, 0.2) is 0 Å². The fourth-order valence-corrected chi connectivity index (χ4v) is 4.45. The molecule has 0 spiro atoms. The summed E-state index contributed by atoms with van der Waals surface area (Å²) in [6.07, 6.45) is 4.43. The number of sulfonamides is 1. The van der Waals surface area contributed by atoms with Crippen molar-refractivity contribution in [1.29, 1.82) is 0 Å². The molecule has 0 radical (unpaired) electrons. The van der Waals surface area contributed by atoms with Gasteiger partial charge in [-0.2, -0.15) is 0 Å². The maximum absolute atomic E-state index is 13.3. The zero-order valence-electron chi connectivity index (χ0n) is 11.3. The highest BCUT2D eigenvalue weighted by Crippen LogP contribution is 2.30. The Kier molecular flexibility index (Phi) is 4.71. The van der Waals surface area contributed by atoms with Gasteiger partial charge >= 0.3 is 0 Å². The first-order valence-electron chi connectivity index (χ1n) is 6.53. The molecule has 1 aromatic rings. The summed E-state index contributed by atoms with van der Waals surface area (Å²) in [6.45, 7) is 0.483. The number of hydrogen-bond donors (Lipinski definition) is 1. The molecule has 4 nitrogen and oxygen atoms in total. The van der Waals surface area contributed by atoms with Crippen LogP contribution < -0.4 is 5.73 Å². The van der Waals surface area contributed by atoms with Crippen molar-refractivity contribution in [1.82, 2.24) is 4.31 Å². The van der Waals surface area contributed by atoms with Crippen LogP contribution in [0.4, 0.5) is 10.1 Å². The lowest BCUT2D eigenvalue weighted by Crippen LogP contribution is -2.31. The third-order valence-corrected chi connectivity index (χ3v) is 6.22. The third kappa shape index (κ3) is 3.15. The summed E-state index contributed by atoms with van der Waals surface area (Å²) in [5, 5.41) is 0. The summed E-state index contributed by atoms with van der Waals surface area (Å²) in [7, 11) is -2.14. The van der Waals surface area contributed by atoms with E-state index in [-0.39, 0.29) is 15.1 Å². The predicted octanol–water partition coefficient (Wildman–Crippen LogP) is 2.98. The summed E-state index contributed by atoms with van der Waals surface area (Å²) >= 11 is 3.00. The Labute approximate surface area is 127 Å². The Morgan fingerprint density at radius 3 is 2.60 bits per heavy atom. The van der Waals surface area contributed by atoms with Crippen LogP contribution in [0.1, 0.15) is 25.7 Å². The lowest BCUT2D eigenvalue weighted by atomic mass is 10.1.